The fourth-order valence-electron chi connectivity index (χ4n) is 5.20. The maximum atomic E-state index is 13.6. The monoisotopic (exact) mass is 615 g/mol. The van der Waals surface area contributed by atoms with Gasteiger partial charge < -0.3 is 27.8 Å². The molecule has 0 radical (unpaired) electrons. The smallest absolute Gasteiger partial charge is 0.285 e. The molecule has 11 heteroatoms. The van der Waals surface area contributed by atoms with Crippen LogP contribution in [0.5, 0.6) is 0 Å². The molecule has 42 heavy (non-hydrogen) atoms. The lowest BCUT2D eigenvalue weighted by Crippen LogP contribution is -2.53. The van der Waals surface area contributed by atoms with Gasteiger partial charge in [0.25, 0.3) is 10.0 Å². The van der Waals surface area contributed by atoms with Crippen LogP contribution < -0.4 is 5.55 Å². The largest absolute Gasteiger partial charge is 0.437 e. The number of hydrogen-bond donors (Lipinski definition) is 0. The third-order valence-electron chi connectivity index (χ3n) is 8.60. The summed E-state index contributed by atoms with van der Waals surface area (Å²) in [6, 6.07) is 15.7. The molecule has 2 aliphatic heterocycles. The van der Waals surface area contributed by atoms with E-state index in [1.54, 1.807) is 39.2 Å². The van der Waals surface area contributed by atoms with E-state index in [1.807, 2.05) is 31.2 Å². The highest BCUT2D eigenvalue weighted by Crippen LogP contribution is 2.50. The quantitative estimate of drug-likeness (QED) is 0.309. The minimum Gasteiger partial charge on any atom is -0.437 e. The van der Waals surface area contributed by atoms with Gasteiger partial charge in [0.05, 0.1) is 17.1 Å². The Labute approximate surface area is 249 Å². The summed E-state index contributed by atoms with van der Waals surface area (Å²) in [5, 5.41) is 0.689. The van der Waals surface area contributed by atoms with Crippen LogP contribution in [0.1, 0.15) is 45.7 Å². The fourth-order valence-corrected chi connectivity index (χ4v) is 7.14. The summed E-state index contributed by atoms with van der Waals surface area (Å²) in [6.07, 6.45) is -2.28. The first-order valence-corrected chi connectivity index (χ1v) is 18.5. The van der Waals surface area contributed by atoms with Crippen LogP contribution in [-0.2, 0) is 39.0 Å². The number of aryl methyl sites for hydroxylation is 1. The minimum absolute atomic E-state index is 0.0485. The maximum Gasteiger partial charge on any atom is 0.285 e. The summed E-state index contributed by atoms with van der Waals surface area (Å²) in [5.41, 5.74) is 0.278. The molecule has 3 aromatic rings. The lowest BCUT2D eigenvalue weighted by Gasteiger charge is -2.40. The van der Waals surface area contributed by atoms with Gasteiger partial charge in [0.15, 0.2) is 26.0 Å². The Kier molecular flexibility index (Phi) is 7.88. The van der Waals surface area contributed by atoms with Crippen molar-refractivity contribution in [3.63, 3.8) is 0 Å². The van der Waals surface area contributed by atoms with E-state index in [1.165, 1.54) is 12.1 Å². The Bertz CT molecular complexity index is 1640. The lowest BCUT2D eigenvalue weighted by atomic mass is 9.85. The number of para-hydroxylation sites is 1. The predicted molar refractivity (Wildman–Crippen MR) is 161 cm³/mol. The van der Waals surface area contributed by atoms with Gasteiger partial charge in [-0.1, -0.05) is 56.7 Å². The zero-order valence-electron chi connectivity index (χ0n) is 25.8. The standard InChI is InChI=1S/C31H41NO8SSi/c1-20-14-16-22(17-15-20)41(33,34)32-27-23(18-21-12-10-11-13-24(21)37-27)31(35-7)25(19-36-42(8,9)29(2,3)4)38-28-26(31)39-30(5,6)40-28/h10-18,25-26,28H,19H2,1-9H3/b32-27-/t25-,26+,28-,31-/m1/s1. The average Bonchev–Trinajstić information content (AvgIpc) is 3.35. The van der Waals surface area contributed by atoms with Crippen LogP contribution in [0.15, 0.2) is 68.3 Å². The van der Waals surface area contributed by atoms with E-state index in [9.17, 15) is 8.42 Å². The SMILES string of the molecule is CO[C@]1(c2cc3ccccc3o/c2=N\S(=O)(=O)c2ccc(C)cc2)[C@@H](CO[Si](C)(C)C(C)(C)C)O[C@@H]2OC(C)(C)O[C@@H]21. The van der Waals surface area contributed by atoms with Crippen molar-refractivity contribution in [2.45, 2.75) is 94.5 Å². The summed E-state index contributed by atoms with van der Waals surface area (Å²) in [7, 11) is -4.83. The molecule has 0 amide bonds. The van der Waals surface area contributed by atoms with Crippen molar-refractivity contribution in [3.05, 3.63) is 71.3 Å². The molecule has 0 bridgehead atoms. The van der Waals surface area contributed by atoms with Crippen molar-refractivity contribution in [1.29, 1.82) is 0 Å². The van der Waals surface area contributed by atoms with E-state index in [0.29, 0.717) is 11.1 Å². The zero-order chi connectivity index (χ0) is 30.7. The molecule has 5 rings (SSSR count). The molecule has 3 heterocycles. The van der Waals surface area contributed by atoms with Crippen LogP contribution in [-0.4, -0.2) is 54.7 Å². The third kappa shape index (κ3) is 5.52. The number of fused-ring (bicyclic) bond motifs is 2. The number of rotatable bonds is 7. The molecule has 0 aliphatic carbocycles. The molecule has 0 spiro atoms. The Balaban J connectivity index is 1.74. The Morgan fingerprint density at radius 1 is 1.02 bits per heavy atom. The molecule has 0 N–H and O–H groups in total. The molecule has 2 aromatic carbocycles. The van der Waals surface area contributed by atoms with Crippen molar-refractivity contribution in [2.75, 3.05) is 13.7 Å². The Morgan fingerprint density at radius 2 is 1.69 bits per heavy atom. The van der Waals surface area contributed by atoms with Gasteiger partial charge in [-0.3, -0.25) is 0 Å². The van der Waals surface area contributed by atoms with E-state index in [0.717, 1.165) is 10.9 Å². The Morgan fingerprint density at radius 3 is 2.33 bits per heavy atom. The second kappa shape index (κ2) is 10.7. The van der Waals surface area contributed by atoms with Gasteiger partial charge in [0.1, 0.15) is 17.8 Å². The molecule has 2 saturated heterocycles. The second-order valence-electron chi connectivity index (χ2n) is 13.0. The highest BCUT2D eigenvalue weighted by atomic mass is 32.2. The first-order valence-electron chi connectivity index (χ1n) is 14.1. The number of ether oxygens (including phenoxy) is 4. The lowest BCUT2D eigenvalue weighted by molar-refractivity contribution is -0.239. The molecule has 0 saturated carbocycles. The van der Waals surface area contributed by atoms with E-state index < -0.39 is 48.2 Å². The molecule has 2 fully saturated rings. The first kappa shape index (κ1) is 31.1. The van der Waals surface area contributed by atoms with Crippen molar-refractivity contribution in [1.82, 2.24) is 0 Å². The highest BCUT2D eigenvalue weighted by molar-refractivity contribution is 7.90. The normalized spacial score (nSPS) is 26.6. The molecule has 9 nitrogen and oxygen atoms in total. The van der Waals surface area contributed by atoms with Crippen LogP contribution in [0.3, 0.4) is 0 Å². The summed E-state index contributed by atoms with van der Waals surface area (Å²) in [4.78, 5) is 0.0498. The van der Waals surface area contributed by atoms with Gasteiger partial charge >= 0.3 is 0 Å². The van der Waals surface area contributed by atoms with Crippen molar-refractivity contribution in [3.8, 4) is 0 Å². The van der Waals surface area contributed by atoms with Crippen LogP contribution in [0.4, 0.5) is 0 Å². The van der Waals surface area contributed by atoms with Crippen LogP contribution in [0.25, 0.3) is 11.0 Å². The Hall–Kier alpha value is -2.38. The maximum absolute atomic E-state index is 13.6. The number of sulfonamides is 1. The number of methoxy groups -OCH3 is 1. The molecular formula is C31H41NO8SSi. The van der Waals surface area contributed by atoms with Gasteiger partial charge in [-0.25, -0.2) is 0 Å². The third-order valence-corrected chi connectivity index (χ3v) is 14.4. The molecule has 2 aliphatic rings. The van der Waals surface area contributed by atoms with E-state index >= 15 is 0 Å². The average molecular weight is 616 g/mol. The molecular weight excluding hydrogens is 574 g/mol. The second-order valence-corrected chi connectivity index (χ2v) is 19.4. The summed E-state index contributed by atoms with van der Waals surface area (Å²) >= 11 is 0. The molecule has 228 valence electrons. The molecule has 0 unspecified atom stereocenters. The number of nitrogens with zero attached hydrogens (tertiary/aromatic N) is 1. The van der Waals surface area contributed by atoms with Crippen molar-refractivity contribution < 1.29 is 36.2 Å². The van der Waals surface area contributed by atoms with E-state index in [4.69, 9.17) is 27.8 Å². The molecule has 1 aromatic heterocycles. The van der Waals surface area contributed by atoms with E-state index in [-0.39, 0.29) is 22.1 Å². The van der Waals surface area contributed by atoms with Crippen LogP contribution >= 0.6 is 0 Å². The topological polar surface area (TPSA) is 106 Å². The van der Waals surface area contributed by atoms with Crippen LogP contribution in [0, 0.1) is 6.92 Å². The fraction of sp³-hybridized carbons (Fsp3) is 0.516. The predicted octanol–water partition coefficient (Wildman–Crippen LogP) is 5.77. The first-order chi connectivity index (χ1) is 19.5. The molecule has 4 atom stereocenters. The van der Waals surface area contributed by atoms with Gasteiger partial charge in [-0.15, -0.1) is 4.40 Å². The summed E-state index contributed by atoms with van der Waals surface area (Å²) < 4.78 is 69.8. The summed E-state index contributed by atoms with van der Waals surface area (Å²) in [5.74, 6) is -0.969. The van der Waals surface area contributed by atoms with Gasteiger partial charge in [-0.05, 0) is 63.2 Å². The van der Waals surface area contributed by atoms with Crippen molar-refractivity contribution in [2.24, 2.45) is 4.40 Å². The van der Waals surface area contributed by atoms with Gasteiger partial charge in [-0.2, -0.15) is 8.42 Å². The van der Waals surface area contributed by atoms with E-state index in [2.05, 4.69) is 38.3 Å². The zero-order valence-corrected chi connectivity index (χ0v) is 27.6. The van der Waals surface area contributed by atoms with Crippen LogP contribution in [0.2, 0.25) is 18.1 Å². The highest BCUT2D eigenvalue weighted by Gasteiger charge is 2.66. The summed E-state index contributed by atoms with van der Waals surface area (Å²) in [6.45, 7) is 16.5. The van der Waals surface area contributed by atoms with Gasteiger partial charge in [0.2, 0.25) is 5.55 Å². The van der Waals surface area contributed by atoms with Gasteiger partial charge in [0, 0.05) is 12.5 Å². The minimum atomic E-state index is -4.16. The number of hydrogen-bond acceptors (Lipinski definition) is 8. The van der Waals surface area contributed by atoms with Crippen molar-refractivity contribution >= 4 is 29.3 Å². The number of benzene rings is 2.